The molecular weight excluding hydrogens is 413 g/mol. The Bertz CT molecular complexity index is 919. The molecule has 168 valence electrons. The van der Waals surface area contributed by atoms with Crippen LogP contribution in [-0.2, 0) is 4.74 Å². The number of carbonyl (C=O) groups is 1. The SMILES string of the molecule is CC(C)(C)OC(=O)N1CC[C@@H](C[PH](c2ccccc2)(c2ccccc2)c2ccccc2)C1. The van der Waals surface area contributed by atoms with Crippen molar-refractivity contribution in [2.24, 2.45) is 5.92 Å². The molecule has 1 amide bonds. The molecular formula is C28H34NO2P. The van der Waals surface area contributed by atoms with Gasteiger partial charge in [-0.3, -0.25) is 0 Å². The molecule has 3 aromatic carbocycles. The van der Waals surface area contributed by atoms with Crippen molar-refractivity contribution in [3.05, 3.63) is 91.0 Å². The maximum atomic E-state index is 12.7. The number of hydrogen-bond donors (Lipinski definition) is 0. The van der Waals surface area contributed by atoms with Gasteiger partial charge in [-0.1, -0.05) is 0 Å². The Kier molecular flexibility index (Phi) is 6.67. The molecule has 0 aliphatic carbocycles. The molecule has 32 heavy (non-hydrogen) atoms. The summed E-state index contributed by atoms with van der Waals surface area (Å²) < 4.78 is 5.65. The second-order valence-corrected chi connectivity index (χ2v) is 13.7. The number of rotatable bonds is 5. The van der Waals surface area contributed by atoms with E-state index in [9.17, 15) is 4.79 Å². The Morgan fingerprint density at radius 3 is 1.69 bits per heavy atom. The van der Waals surface area contributed by atoms with Crippen LogP contribution in [-0.4, -0.2) is 35.8 Å². The maximum absolute atomic E-state index is 12.7. The average molecular weight is 448 g/mol. The van der Waals surface area contributed by atoms with Crippen LogP contribution in [0.3, 0.4) is 0 Å². The molecule has 3 aromatic rings. The quantitative estimate of drug-likeness (QED) is 0.517. The molecule has 0 spiro atoms. The molecule has 1 aliphatic rings. The van der Waals surface area contributed by atoms with E-state index < -0.39 is 12.9 Å². The summed E-state index contributed by atoms with van der Waals surface area (Å²) in [6.45, 7) is 7.31. The standard InChI is InChI=1S/C28H34NO2P/c1-28(2,3)31-27(30)29-20-19-23(21-29)22-32(24-13-7-4-8-14-24,25-15-9-5-10-16-25)26-17-11-6-12-18-26/h4-18,23,32H,19-22H2,1-3H3/t23-/m1/s1. The van der Waals surface area contributed by atoms with E-state index in [0.29, 0.717) is 5.92 Å². The third-order valence-electron chi connectivity index (χ3n) is 6.33. The first-order valence-corrected chi connectivity index (χ1v) is 13.7. The first-order chi connectivity index (χ1) is 15.4. The number of likely N-dealkylation sites (tertiary alicyclic amines) is 1. The molecule has 3 nitrogen and oxygen atoms in total. The molecule has 0 radical (unpaired) electrons. The number of benzene rings is 3. The van der Waals surface area contributed by atoms with Crippen LogP contribution in [0.4, 0.5) is 4.79 Å². The molecule has 0 aromatic heterocycles. The van der Waals surface area contributed by atoms with Crippen LogP contribution in [0.5, 0.6) is 0 Å². The molecule has 1 atom stereocenters. The van der Waals surface area contributed by atoms with E-state index in [2.05, 4.69) is 91.0 Å². The predicted molar refractivity (Wildman–Crippen MR) is 137 cm³/mol. The van der Waals surface area contributed by atoms with Crippen molar-refractivity contribution >= 4 is 29.3 Å². The summed E-state index contributed by atoms with van der Waals surface area (Å²) in [5, 5.41) is 4.27. The molecule has 1 saturated heterocycles. The van der Waals surface area contributed by atoms with Crippen LogP contribution in [0.15, 0.2) is 91.0 Å². The van der Waals surface area contributed by atoms with Crippen LogP contribution in [0, 0.1) is 5.92 Å². The zero-order chi connectivity index (χ0) is 22.6. The zero-order valence-corrected chi connectivity index (χ0v) is 20.3. The second-order valence-electron chi connectivity index (χ2n) is 9.79. The van der Waals surface area contributed by atoms with Crippen molar-refractivity contribution in [2.45, 2.75) is 32.8 Å². The average Bonchev–Trinajstić information content (AvgIpc) is 3.27. The fraction of sp³-hybridized carbons (Fsp3) is 0.321. The molecule has 1 heterocycles. The van der Waals surface area contributed by atoms with Gasteiger partial charge in [0.05, 0.1) is 0 Å². The summed E-state index contributed by atoms with van der Waals surface area (Å²) in [7, 11) is -2.28. The van der Waals surface area contributed by atoms with Crippen molar-refractivity contribution in [1.29, 1.82) is 0 Å². The third-order valence-corrected chi connectivity index (χ3v) is 11.5. The van der Waals surface area contributed by atoms with Gasteiger partial charge >= 0.3 is 193 Å². The van der Waals surface area contributed by atoms with E-state index in [1.54, 1.807) is 0 Å². The summed E-state index contributed by atoms with van der Waals surface area (Å²) in [6, 6.07) is 33.0. The van der Waals surface area contributed by atoms with Gasteiger partial charge < -0.3 is 0 Å². The topological polar surface area (TPSA) is 29.5 Å². The van der Waals surface area contributed by atoms with Gasteiger partial charge in [-0.2, -0.15) is 0 Å². The molecule has 0 N–H and O–H groups in total. The molecule has 4 rings (SSSR count). The van der Waals surface area contributed by atoms with Crippen molar-refractivity contribution in [1.82, 2.24) is 4.90 Å². The van der Waals surface area contributed by atoms with E-state index in [0.717, 1.165) is 25.7 Å². The van der Waals surface area contributed by atoms with Crippen LogP contribution in [0.1, 0.15) is 27.2 Å². The van der Waals surface area contributed by atoms with Gasteiger partial charge in [0, 0.05) is 0 Å². The van der Waals surface area contributed by atoms with Crippen molar-refractivity contribution in [2.75, 3.05) is 19.3 Å². The van der Waals surface area contributed by atoms with Crippen molar-refractivity contribution in [3.63, 3.8) is 0 Å². The van der Waals surface area contributed by atoms with E-state index in [1.807, 2.05) is 25.7 Å². The zero-order valence-electron chi connectivity index (χ0n) is 19.3. The molecule has 1 fully saturated rings. The van der Waals surface area contributed by atoms with Gasteiger partial charge in [0.25, 0.3) is 0 Å². The number of nitrogens with zero attached hydrogens (tertiary/aromatic N) is 1. The number of hydrogen-bond acceptors (Lipinski definition) is 2. The molecule has 0 unspecified atom stereocenters. The van der Waals surface area contributed by atoms with Gasteiger partial charge in [0.2, 0.25) is 0 Å². The van der Waals surface area contributed by atoms with E-state index in [1.165, 1.54) is 15.9 Å². The van der Waals surface area contributed by atoms with Crippen molar-refractivity contribution < 1.29 is 9.53 Å². The van der Waals surface area contributed by atoms with Crippen LogP contribution in [0.2, 0.25) is 0 Å². The van der Waals surface area contributed by atoms with Gasteiger partial charge in [-0.15, -0.1) is 0 Å². The summed E-state index contributed by atoms with van der Waals surface area (Å²) >= 11 is 0. The summed E-state index contributed by atoms with van der Waals surface area (Å²) in [5.74, 6) is 0.440. The summed E-state index contributed by atoms with van der Waals surface area (Å²) in [4.78, 5) is 14.6. The fourth-order valence-electron chi connectivity index (χ4n) is 4.95. The fourth-order valence-corrected chi connectivity index (χ4v) is 10.1. The van der Waals surface area contributed by atoms with Crippen LogP contribution < -0.4 is 15.9 Å². The van der Waals surface area contributed by atoms with E-state index in [-0.39, 0.29) is 6.09 Å². The second kappa shape index (κ2) is 9.46. The van der Waals surface area contributed by atoms with Gasteiger partial charge in [-0.25, -0.2) is 0 Å². The van der Waals surface area contributed by atoms with E-state index >= 15 is 0 Å². The molecule has 0 saturated carbocycles. The molecule has 0 bridgehead atoms. The Morgan fingerprint density at radius 1 is 0.844 bits per heavy atom. The minimum absolute atomic E-state index is 0.189. The third kappa shape index (κ3) is 4.89. The van der Waals surface area contributed by atoms with Gasteiger partial charge in [-0.05, 0) is 0 Å². The van der Waals surface area contributed by atoms with Gasteiger partial charge in [0.1, 0.15) is 0 Å². The molecule has 1 aliphatic heterocycles. The number of ether oxygens (including phenoxy) is 1. The summed E-state index contributed by atoms with van der Waals surface area (Å²) in [5.41, 5.74) is -0.466. The molecule has 4 heteroatoms. The predicted octanol–water partition coefficient (Wildman–Crippen LogP) is 4.97. The minimum atomic E-state index is -2.28. The summed E-state index contributed by atoms with van der Waals surface area (Å²) in [6.07, 6.45) is 1.90. The Morgan fingerprint density at radius 2 is 1.28 bits per heavy atom. The Balaban J connectivity index is 1.72. The Hall–Kier alpha value is -2.64. The van der Waals surface area contributed by atoms with Crippen molar-refractivity contribution in [3.8, 4) is 0 Å². The number of amides is 1. The normalized spacial score (nSPS) is 17.2. The van der Waals surface area contributed by atoms with Crippen LogP contribution >= 0.6 is 7.26 Å². The monoisotopic (exact) mass is 447 g/mol. The Labute approximate surface area is 192 Å². The number of carbonyl (C=O) groups excluding carboxylic acids is 1. The first kappa shape index (κ1) is 22.6. The first-order valence-electron chi connectivity index (χ1n) is 11.5. The van der Waals surface area contributed by atoms with Crippen LogP contribution in [0.25, 0.3) is 0 Å². The van der Waals surface area contributed by atoms with Gasteiger partial charge in [0.15, 0.2) is 0 Å². The van der Waals surface area contributed by atoms with E-state index in [4.69, 9.17) is 4.74 Å².